The number of rotatable bonds is 20. The van der Waals surface area contributed by atoms with Gasteiger partial charge in [-0.25, -0.2) is 0 Å². The van der Waals surface area contributed by atoms with Gasteiger partial charge in [0, 0.05) is 26.2 Å². The number of hydrogen-bond acceptors (Lipinski definition) is 6. The number of nitrogens with zero attached hydrogens (tertiary/aromatic N) is 2. The maximum atomic E-state index is 5.92. The van der Waals surface area contributed by atoms with E-state index in [9.17, 15) is 0 Å². The molecular formula is C34H70N2O4. The van der Waals surface area contributed by atoms with Crippen molar-refractivity contribution in [2.75, 3.05) is 92.1 Å². The molecule has 1 saturated heterocycles. The van der Waals surface area contributed by atoms with Crippen LogP contribution in [0.3, 0.4) is 0 Å². The highest BCUT2D eigenvalue weighted by molar-refractivity contribution is 4.61. The Balaban J connectivity index is 2.18. The smallest absolute Gasteiger partial charge is 0.0701 e. The van der Waals surface area contributed by atoms with E-state index in [1.54, 1.807) is 0 Å². The molecular weight excluding hydrogens is 500 g/mol. The van der Waals surface area contributed by atoms with Gasteiger partial charge in [-0.1, -0.05) is 117 Å². The van der Waals surface area contributed by atoms with Crippen LogP contribution in [-0.2, 0) is 18.9 Å². The fraction of sp³-hybridized carbons (Fsp3) is 1.00. The van der Waals surface area contributed by atoms with Gasteiger partial charge >= 0.3 is 0 Å². The molecule has 0 atom stereocenters. The second kappa shape index (κ2) is 31.7. The highest BCUT2D eigenvalue weighted by Gasteiger charge is 2.08. The third kappa shape index (κ3) is 26.6. The van der Waals surface area contributed by atoms with E-state index in [0.29, 0.717) is 26.4 Å². The summed E-state index contributed by atoms with van der Waals surface area (Å²) >= 11 is 0. The molecule has 1 fully saturated rings. The van der Waals surface area contributed by atoms with E-state index in [4.69, 9.17) is 18.9 Å². The summed E-state index contributed by atoms with van der Waals surface area (Å²) in [5.74, 6) is 0. The van der Waals surface area contributed by atoms with Gasteiger partial charge in [-0.05, 0) is 25.9 Å². The normalized spacial score (nSPS) is 18.4. The fourth-order valence-corrected chi connectivity index (χ4v) is 5.38. The van der Waals surface area contributed by atoms with Gasteiger partial charge in [-0.15, -0.1) is 0 Å². The van der Waals surface area contributed by atoms with Crippen molar-refractivity contribution >= 4 is 0 Å². The zero-order valence-electron chi connectivity index (χ0n) is 27.2. The SMILES string of the molecule is CCCCCCCCCCCN1CCOCCOCCN(CCCCCCCCCCC)CCOCCOCC1. The molecule has 0 aromatic rings. The van der Waals surface area contributed by atoms with E-state index in [2.05, 4.69) is 23.6 Å². The molecule has 1 heterocycles. The zero-order chi connectivity index (χ0) is 28.6. The Hall–Kier alpha value is -0.240. The van der Waals surface area contributed by atoms with Crippen molar-refractivity contribution in [1.29, 1.82) is 0 Å². The summed E-state index contributed by atoms with van der Waals surface area (Å²) in [6.07, 6.45) is 24.7. The second-order valence-electron chi connectivity index (χ2n) is 11.8. The lowest BCUT2D eigenvalue weighted by Crippen LogP contribution is -2.34. The summed E-state index contributed by atoms with van der Waals surface area (Å²) in [6.45, 7) is 16.6. The largest absolute Gasteiger partial charge is 0.378 e. The molecule has 1 rings (SSSR count). The highest BCUT2D eigenvalue weighted by atomic mass is 16.5. The predicted molar refractivity (Wildman–Crippen MR) is 171 cm³/mol. The molecule has 0 aliphatic carbocycles. The van der Waals surface area contributed by atoms with Gasteiger partial charge in [-0.2, -0.15) is 0 Å². The first-order valence-electron chi connectivity index (χ1n) is 17.6. The van der Waals surface area contributed by atoms with Crippen molar-refractivity contribution in [1.82, 2.24) is 9.80 Å². The number of ether oxygens (including phenoxy) is 4. The molecule has 6 nitrogen and oxygen atoms in total. The van der Waals surface area contributed by atoms with Gasteiger partial charge in [0.05, 0.1) is 52.9 Å². The molecule has 0 bridgehead atoms. The Labute approximate surface area is 250 Å². The van der Waals surface area contributed by atoms with Crippen LogP contribution in [0.15, 0.2) is 0 Å². The van der Waals surface area contributed by atoms with Gasteiger partial charge in [-0.3, -0.25) is 9.80 Å². The van der Waals surface area contributed by atoms with Crippen LogP contribution in [0.2, 0.25) is 0 Å². The van der Waals surface area contributed by atoms with Crippen molar-refractivity contribution in [3.63, 3.8) is 0 Å². The second-order valence-corrected chi connectivity index (χ2v) is 11.8. The van der Waals surface area contributed by atoms with E-state index < -0.39 is 0 Å². The van der Waals surface area contributed by atoms with Crippen molar-refractivity contribution < 1.29 is 18.9 Å². The third-order valence-electron chi connectivity index (χ3n) is 8.11. The van der Waals surface area contributed by atoms with Gasteiger partial charge < -0.3 is 18.9 Å². The van der Waals surface area contributed by atoms with Crippen LogP contribution in [0.4, 0.5) is 0 Å². The molecule has 1 aliphatic rings. The lowest BCUT2D eigenvalue weighted by atomic mass is 10.1. The van der Waals surface area contributed by atoms with Gasteiger partial charge in [0.15, 0.2) is 0 Å². The summed E-state index contributed by atoms with van der Waals surface area (Å²) in [7, 11) is 0. The van der Waals surface area contributed by atoms with Gasteiger partial charge in [0.25, 0.3) is 0 Å². The molecule has 0 unspecified atom stereocenters. The Bertz CT molecular complexity index is 421. The van der Waals surface area contributed by atoms with Crippen molar-refractivity contribution in [3.8, 4) is 0 Å². The molecule has 40 heavy (non-hydrogen) atoms. The van der Waals surface area contributed by atoms with E-state index >= 15 is 0 Å². The lowest BCUT2D eigenvalue weighted by Gasteiger charge is -2.23. The first-order valence-corrected chi connectivity index (χ1v) is 17.6. The predicted octanol–water partition coefficient (Wildman–Crippen LogP) is 7.73. The summed E-state index contributed by atoms with van der Waals surface area (Å²) < 4.78 is 23.7. The summed E-state index contributed by atoms with van der Waals surface area (Å²) in [4.78, 5) is 5.02. The standard InChI is InChI=1S/C34H70N2O4/c1-3-5-7-9-11-13-15-17-19-21-35-23-27-37-31-33-39-29-25-36(26-30-40-34-32-38-28-24-35)22-20-18-16-14-12-10-8-6-4-2/h3-34H2,1-2H3. The number of unbranched alkanes of at least 4 members (excludes halogenated alkanes) is 16. The van der Waals surface area contributed by atoms with Crippen molar-refractivity contribution in [2.45, 2.75) is 129 Å². The summed E-state index contributed by atoms with van der Waals surface area (Å²) in [5.41, 5.74) is 0. The van der Waals surface area contributed by atoms with E-state index in [1.165, 1.54) is 116 Å². The van der Waals surface area contributed by atoms with Crippen LogP contribution in [0.25, 0.3) is 0 Å². The quantitative estimate of drug-likeness (QED) is 0.140. The van der Waals surface area contributed by atoms with Crippen LogP contribution in [0.1, 0.15) is 129 Å². The van der Waals surface area contributed by atoms with Crippen LogP contribution in [0.5, 0.6) is 0 Å². The van der Waals surface area contributed by atoms with Crippen LogP contribution >= 0.6 is 0 Å². The maximum absolute atomic E-state index is 5.92. The molecule has 0 amide bonds. The van der Waals surface area contributed by atoms with E-state index in [0.717, 1.165) is 65.7 Å². The van der Waals surface area contributed by atoms with Crippen LogP contribution in [0, 0.1) is 0 Å². The molecule has 6 heteroatoms. The first kappa shape index (κ1) is 37.8. The van der Waals surface area contributed by atoms with E-state index in [1.807, 2.05) is 0 Å². The first-order chi connectivity index (χ1) is 19.9. The molecule has 0 saturated carbocycles. The average molecular weight is 571 g/mol. The highest BCUT2D eigenvalue weighted by Crippen LogP contribution is 2.11. The topological polar surface area (TPSA) is 43.4 Å². The molecule has 0 N–H and O–H groups in total. The summed E-state index contributed by atoms with van der Waals surface area (Å²) in [5, 5.41) is 0. The van der Waals surface area contributed by atoms with E-state index in [-0.39, 0.29) is 0 Å². The minimum atomic E-state index is 0.684. The Morgan fingerprint density at radius 3 is 0.850 bits per heavy atom. The molecule has 0 radical (unpaired) electrons. The average Bonchev–Trinajstić information content (AvgIpc) is 2.96. The minimum absolute atomic E-state index is 0.684. The van der Waals surface area contributed by atoms with Gasteiger partial charge in [0.2, 0.25) is 0 Å². The summed E-state index contributed by atoms with van der Waals surface area (Å²) in [6, 6.07) is 0. The number of hydrogen-bond donors (Lipinski definition) is 0. The maximum Gasteiger partial charge on any atom is 0.0701 e. The van der Waals surface area contributed by atoms with Crippen molar-refractivity contribution in [3.05, 3.63) is 0 Å². The molecule has 0 aromatic carbocycles. The molecule has 240 valence electrons. The van der Waals surface area contributed by atoms with Gasteiger partial charge in [0.1, 0.15) is 0 Å². The fourth-order valence-electron chi connectivity index (χ4n) is 5.38. The lowest BCUT2D eigenvalue weighted by molar-refractivity contribution is 0.00776. The van der Waals surface area contributed by atoms with Crippen LogP contribution in [-0.4, -0.2) is 102 Å². The molecule has 0 spiro atoms. The minimum Gasteiger partial charge on any atom is -0.378 e. The van der Waals surface area contributed by atoms with Crippen molar-refractivity contribution in [2.24, 2.45) is 0 Å². The van der Waals surface area contributed by atoms with Crippen LogP contribution < -0.4 is 0 Å². The molecule has 0 aromatic heterocycles. The molecule has 1 aliphatic heterocycles. The Kier molecular flexibility index (Phi) is 29.9. The Morgan fingerprint density at radius 2 is 0.575 bits per heavy atom. The third-order valence-corrected chi connectivity index (χ3v) is 8.11. The zero-order valence-corrected chi connectivity index (χ0v) is 27.2. The Morgan fingerprint density at radius 1 is 0.325 bits per heavy atom. The monoisotopic (exact) mass is 571 g/mol.